The first-order valence-electron chi connectivity index (χ1n) is 6.78. The van der Waals surface area contributed by atoms with Gasteiger partial charge in [-0.2, -0.15) is 0 Å². The van der Waals surface area contributed by atoms with E-state index >= 15 is 0 Å². The number of fused-ring (bicyclic) bond motifs is 1. The molecule has 3 rings (SSSR count). The van der Waals surface area contributed by atoms with E-state index in [1.54, 1.807) is 0 Å². The van der Waals surface area contributed by atoms with Crippen molar-refractivity contribution < 1.29 is 4.79 Å². The summed E-state index contributed by atoms with van der Waals surface area (Å²) < 4.78 is 1.01. The van der Waals surface area contributed by atoms with Crippen LogP contribution in [0.5, 0.6) is 0 Å². The molecule has 0 aliphatic carbocycles. The number of carbonyl (C=O) groups excluding carboxylic acids is 1. The fraction of sp³-hybridized carbons (Fsp3) is 0.188. The molecule has 0 spiro atoms. The molecule has 0 saturated heterocycles. The Morgan fingerprint density at radius 2 is 2.00 bits per heavy atom. The molecule has 0 radical (unpaired) electrons. The van der Waals surface area contributed by atoms with Crippen LogP contribution in [0.4, 0.5) is 22.7 Å². The molecule has 2 aromatic rings. The van der Waals surface area contributed by atoms with Gasteiger partial charge >= 0.3 is 0 Å². The van der Waals surface area contributed by atoms with Crippen LogP contribution in [0.15, 0.2) is 34.8 Å². The molecule has 5 heteroatoms. The summed E-state index contributed by atoms with van der Waals surface area (Å²) in [5.74, 6) is 0.0467. The van der Waals surface area contributed by atoms with Crippen LogP contribution in [0, 0.1) is 6.92 Å². The lowest BCUT2D eigenvalue weighted by atomic mass is 10.0. The monoisotopic (exact) mass is 345 g/mol. The van der Waals surface area contributed by atoms with Crippen molar-refractivity contribution in [3.8, 4) is 0 Å². The molecule has 1 heterocycles. The molecule has 1 amide bonds. The number of nitrogen functional groups attached to an aromatic ring is 1. The predicted molar refractivity (Wildman–Crippen MR) is 90.0 cm³/mol. The minimum atomic E-state index is 0.0467. The largest absolute Gasteiger partial charge is 0.397 e. The van der Waals surface area contributed by atoms with Crippen LogP contribution in [0.1, 0.15) is 17.5 Å². The third-order valence-corrected chi connectivity index (χ3v) is 4.13. The first-order chi connectivity index (χ1) is 10.0. The number of benzene rings is 2. The number of anilines is 4. The Morgan fingerprint density at radius 3 is 2.81 bits per heavy atom. The van der Waals surface area contributed by atoms with E-state index in [2.05, 4.69) is 26.6 Å². The molecule has 4 nitrogen and oxygen atoms in total. The molecule has 0 unspecified atom stereocenters. The standard InChI is InChI=1S/C16H16BrN3O/c1-9-2-4-11(17)7-13(9)19-15-6-10-3-5-16(21)20-14(10)8-12(15)18/h2,4,6-8,19H,3,5,18H2,1H3,(H,20,21). The summed E-state index contributed by atoms with van der Waals surface area (Å²) in [6.45, 7) is 2.05. The van der Waals surface area contributed by atoms with E-state index < -0.39 is 0 Å². The maximum absolute atomic E-state index is 11.4. The second-order valence-corrected chi connectivity index (χ2v) is 6.14. The van der Waals surface area contributed by atoms with Gasteiger partial charge in [0, 0.05) is 22.3 Å². The number of hydrogen-bond acceptors (Lipinski definition) is 3. The molecule has 0 bridgehead atoms. The van der Waals surface area contributed by atoms with Crippen LogP contribution >= 0.6 is 15.9 Å². The van der Waals surface area contributed by atoms with Crippen LogP contribution in [0.3, 0.4) is 0 Å². The summed E-state index contributed by atoms with van der Waals surface area (Å²) in [6.07, 6.45) is 1.26. The van der Waals surface area contributed by atoms with Gasteiger partial charge in [-0.25, -0.2) is 0 Å². The summed E-state index contributed by atoms with van der Waals surface area (Å²) in [6, 6.07) is 9.91. The van der Waals surface area contributed by atoms with E-state index in [4.69, 9.17) is 5.73 Å². The maximum Gasteiger partial charge on any atom is 0.224 e. The van der Waals surface area contributed by atoms with E-state index in [1.807, 2.05) is 37.3 Å². The molecule has 1 aliphatic rings. The summed E-state index contributed by atoms with van der Waals surface area (Å²) in [5, 5.41) is 6.23. The number of hydrogen-bond donors (Lipinski definition) is 3. The van der Waals surface area contributed by atoms with E-state index in [-0.39, 0.29) is 5.91 Å². The lowest BCUT2D eigenvalue weighted by Gasteiger charge is -2.20. The van der Waals surface area contributed by atoms with Gasteiger partial charge in [0.05, 0.1) is 11.4 Å². The second-order valence-electron chi connectivity index (χ2n) is 5.23. The number of halogens is 1. The Kier molecular flexibility index (Phi) is 3.59. The Balaban J connectivity index is 1.96. The highest BCUT2D eigenvalue weighted by atomic mass is 79.9. The lowest BCUT2D eigenvalue weighted by molar-refractivity contribution is -0.116. The second kappa shape index (κ2) is 5.41. The van der Waals surface area contributed by atoms with E-state index in [1.165, 1.54) is 0 Å². The molecular formula is C16H16BrN3O. The van der Waals surface area contributed by atoms with Gasteiger partial charge in [0.1, 0.15) is 0 Å². The smallest absolute Gasteiger partial charge is 0.224 e. The SMILES string of the molecule is Cc1ccc(Br)cc1Nc1cc2c(cc1N)NC(=O)CC2. The van der Waals surface area contributed by atoms with Gasteiger partial charge in [-0.05, 0) is 48.7 Å². The van der Waals surface area contributed by atoms with Crippen molar-refractivity contribution in [2.24, 2.45) is 0 Å². The Bertz CT molecular complexity index is 728. The minimum Gasteiger partial charge on any atom is -0.397 e. The lowest BCUT2D eigenvalue weighted by Crippen LogP contribution is -2.19. The molecule has 0 aromatic heterocycles. The van der Waals surface area contributed by atoms with Crippen molar-refractivity contribution >= 4 is 44.6 Å². The number of nitrogens with one attached hydrogen (secondary N) is 2. The van der Waals surface area contributed by atoms with Crippen LogP contribution in [0.2, 0.25) is 0 Å². The quantitative estimate of drug-likeness (QED) is 0.721. The van der Waals surface area contributed by atoms with Gasteiger partial charge in [-0.3, -0.25) is 4.79 Å². The molecular weight excluding hydrogens is 330 g/mol. The van der Waals surface area contributed by atoms with Gasteiger partial charge in [0.2, 0.25) is 5.91 Å². The minimum absolute atomic E-state index is 0.0467. The predicted octanol–water partition coefficient (Wildman–Crippen LogP) is 3.97. The average Bonchev–Trinajstić information content (AvgIpc) is 2.44. The summed E-state index contributed by atoms with van der Waals surface area (Å²) >= 11 is 3.48. The van der Waals surface area contributed by atoms with Crippen molar-refractivity contribution in [1.29, 1.82) is 0 Å². The third kappa shape index (κ3) is 2.88. The molecule has 4 N–H and O–H groups in total. The zero-order valence-corrected chi connectivity index (χ0v) is 13.3. The number of nitrogens with two attached hydrogens (primary N) is 1. The van der Waals surface area contributed by atoms with Crippen molar-refractivity contribution in [1.82, 2.24) is 0 Å². The third-order valence-electron chi connectivity index (χ3n) is 3.64. The fourth-order valence-corrected chi connectivity index (χ4v) is 2.79. The Hall–Kier alpha value is -2.01. The van der Waals surface area contributed by atoms with Crippen molar-refractivity contribution in [3.63, 3.8) is 0 Å². The van der Waals surface area contributed by atoms with E-state index in [9.17, 15) is 4.79 Å². The van der Waals surface area contributed by atoms with Gasteiger partial charge in [-0.1, -0.05) is 22.0 Å². The number of rotatable bonds is 2. The average molecular weight is 346 g/mol. The highest BCUT2D eigenvalue weighted by molar-refractivity contribution is 9.10. The molecule has 108 valence electrons. The van der Waals surface area contributed by atoms with Crippen LogP contribution in [-0.4, -0.2) is 5.91 Å². The molecule has 0 fully saturated rings. The topological polar surface area (TPSA) is 67.2 Å². The van der Waals surface area contributed by atoms with Gasteiger partial charge < -0.3 is 16.4 Å². The van der Waals surface area contributed by atoms with Gasteiger partial charge in [-0.15, -0.1) is 0 Å². The highest BCUT2D eigenvalue weighted by Gasteiger charge is 2.17. The summed E-state index contributed by atoms with van der Waals surface area (Å²) in [4.78, 5) is 11.4. The van der Waals surface area contributed by atoms with E-state index in [0.29, 0.717) is 12.1 Å². The molecule has 1 aliphatic heterocycles. The van der Waals surface area contributed by atoms with Crippen molar-refractivity contribution in [2.75, 3.05) is 16.4 Å². The van der Waals surface area contributed by atoms with E-state index in [0.717, 1.165) is 39.1 Å². The van der Waals surface area contributed by atoms with Crippen LogP contribution in [-0.2, 0) is 11.2 Å². The molecule has 0 atom stereocenters. The fourth-order valence-electron chi connectivity index (χ4n) is 2.43. The van der Waals surface area contributed by atoms with Crippen molar-refractivity contribution in [2.45, 2.75) is 19.8 Å². The zero-order chi connectivity index (χ0) is 15.0. The molecule has 21 heavy (non-hydrogen) atoms. The van der Waals surface area contributed by atoms with Crippen LogP contribution < -0.4 is 16.4 Å². The van der Waals surface area contributed by atoms with Crippen LogP contribution in [0.25, 0.3) is 0 Å². The first-order valence-corrected chi connectivity index (χ1v) is 7.57. The zero-order valence-electron chi connectivity index (χ0n) is 11.7. The number of carbonyl (C=O) groups is 1. The normalized spacial score (nSPS) is 13.5. The van der Waals surface area contributed by atoms with Gasteiger partial charge in [0.25, 0.3) is 0 Å². The van der Waals surface area contributed by atoms with Gasteiger partial charge in [0.15, 0.2) is 0 Å². The Labute approximate surface area is 131 Å². The Morgan fingerprint density at radius 1 is 1.19 bits per heavy atom. The molecule has 0 saturated carbocycles. The highest BCUT2D eigenvalue weighted by Crippen LogP contribution is 2.34. The first kappa shape index (κ1) is 13.9. The molecule has 2 aromatic carbocycles. The maximum atomic E-state index is 11.4. The number of amides is 1. The van der Waals surface area contributed by atoms with Crippen molar-refractivity contribution in [3.05, 3.63) is 45.9 Å². The summed E-state index contributed by atoms with van der Waals surface area (Å²) in [5.41, 5.74) is 11.7. The summed E-state index contributed by atoms with van der Waals surface area (Å²) in [7, 11) is 0. The number of aryl methyl sites for hydroxylation is 2.